The van der Waals surface area contributed by atoms with Gasteiger partial charge in [-0.15, -0.1) is 0 Å². The highest BCUT2D eigenvalue weighted by Crippen LogP contribution is 2.29. The van der Waals surface area contributed by atoms with Gasteiger partial charge < -0.3 is 24.5 Å². The molecule has 1 aliphatic heterocycles. The summed E-state index contributed by atoms with van der Waals surface area (Å²) in [6.45, 7) is 7.11. The molecule has 0 radical (unpaired) electrons. The number of ether oxygens (including phenoxy) is 2. The number of benzene rings is 1. The van der Waals surface area contributed by atoms with E-state index in [0.29, 0.717) is 19.3 Å². The Hall–Kier alpha value is -2.90. The summed E-state index contributed by atoms with van der Waals surface area (Å²) in [5.41, 5.74) is 0.130. The Morgan fingerprint density at radius 1 is 1.19 bits per heavy atom. The van der Waals surface area contributed by atoms with Gasteiger partial charge in [0.25, 0.3) is 0 Å². The molecule has 170 valence electrons. The molecule has 31 heavy (non-hydrogen) atoms. The number of likely N-dealkylation sites (tertiary alicyclic amines) is 1. The first-order valence-corrected chi connectivity index (χ1v) is 10.6. The minimum atomic E-state index is -0.875. The van der Waals surface area contributed by atoms with Gasteiger partial charge in [0, 0.05) is 12.5 Å². The maximum atomic E-state index is 13.3. The number of esters is 1. The van der Waals surface area contributed by atoms with Crippen LogP contribution in [-0.2, 0) is 30.5 Å². The maximum Gasteiger partial charge on any atom is 0.408 e. The Morgan fingerprint density at radius 2 is 1.87 bits per heavy atom. The van der Waals surface area contributed by atoms with Crippen LogP contribution in [0.4, 0.5) is 4.79 Å². The van der Waals surface area contributed by atoms with Crippen molar-refractivity contribution in [2.45, 2.75) is 83.7 Å². The number of nitrogens with one attached hydrogen (secondary N) is 1. The normalized spacial score (nSPS) is 19.4. The Bertz CT molecular complexity index is 774. The molecule has 1 aromatic rings. The SMILES string of the molecule is CC[C@H](NC(=O)OCc1ccccc1)C(=O)N1[C@@H](CC=O)CC[C@H]1C(=O)OC(C)(C)C. The molecular weight excluding hydrogens is 400 g/mol. The summed E-state index contributed by atoms with van der Waals surface area (Å²) in [5, 5.41) is 2.59. The zero-order valence-electron chi connectivity index (χ0n) is 18.6. The fraction of sp³-hybridized carbons (Fsp3) is 0.565. The van der Waals surface area contributed by atoms with Gasteiger partial charge in [-0.05, 0) is 45.6 Å². The van der Waals surface area contributed by atoms with Crippen molar-refractivity contribution in [2.24, 2.45) is 0 Å². The first-order valence-electron chi connectivity index (χ1n) is 10.6. The minimum Gasteiger partial charge on any atom is -0.458 e. The molecule has 0 unspecified atom stereocenters. The number of carbonyl (C=O) groups excluding carboxylic acids is 4. The third-order valence-corrected chi connectivity index (χ3v) is 5.02. The Balaban J connectivity index is 2.08. The number of aldehydes is 1. The van der Waals surface area contributed by atoms with Crippen LogP contribution in [0.2, 0.25) is 0 Å². The van der Waals surface area contributed by atoms with Gasteiger partial charge in [-0.3, -0.25) is 4.79 Å². The van der Waals surface area contributed by atoms with Crippen molar-refractivity contribution in [2.75, 3.05) is 0 Å². The fourth-order valence-electron chi connectivity index (χ4n) is 3.59. The van der Waals surface area contributed by atoms with Crippen molar-refractivity contribution in [3.05, 3.63) is 35.9 Å². The number of rotatable bonds is 8. The topological polar surface area (TPSA) is 102 Å². The van der Waals surface area contributed by atoms with Crippen LogP contribution in [0, 0.1) is 0 Å². The minimum absolute atomic E-state index is 0.0787. The van der Waals surface area contributed by atoms with Crippen LogP contribution in [0.5, 0.6) is 0 Å². The molecular formula is C23H32N2O6. The second-order valence-corrected chi connectivity index (χ2v) is 8.60. The number of nitrogens with zero attached hydrogens (tertiary/aromatic N) is 1. The molecule has 2 rings (SSSR count). The van der Waals surface area contributed by atoms with Crippen molar-refractivity contribution < 1.29 is 28.7 Å². The molecule has 0 aromatic heterocycles. The number of carbonyl (C=O) groups is 4. The van der Waals surface area contributed by atoms with E-state index in [-0.39, 0.29) is 13.0 Å². The fourth-order valence-corrected chi connectivity index (χ4v) is 3.59. The van der Waals surface area contributed by atoms with Gasteiger partial charge in [0.1, 0.15) is 30.6 Å². The lowest BCUT2D eigenvalue weighted by atomic mass is 10.1. The average Bonchev–Trinajstić information content (AvgIpc) is 3.13. The first-order chi connectivity index (χ1) is 14.7. The van der Waals surface area contributed by atoms with Crippen molar-refractivity contribution in [3.8, 4) is 0 Å². The van der Waals surface area contributed by atoms with E-state index >= 15 is 0 Å². The molecule has 1 fully saturated rings. The Kier molecular flexibility index (Phi) is 8.59. The number of hydrogen-bond donors (Lipinski definition) is 1. The predicted molar refractivity (Wildman–Crippen MR) is 114 cm³/mol. The molecule has 1 saturated heterocycles. The predicted octanol–water partition coefficient (Wildman–Crippen LogP) is 2.98. The lowest BCUT2D eigenvalue weighted by Crippen LogP contribution is -2.54. The summed E-state index contributed by atoms with van der Waals surface area (Å²) in [4.78, 5) is 50.8. The number of alkyl carbamates (subject to hydrolysis) is 1. The Morgan fingerprint density at radius 3 is 2.45 bits per heavy atom. The second-order valence-electron chi connectivity index (χ2n) is 8.60. The summed E-state index contributed by atoms with van der Waals surface area (Å²) < 4.78 is 10.7. The molecule has 8 heteroatoms. The molecule has 0 saturated carbocycles. The van der Waals surface area contributed by atoms with Crippen LogP contribution in [0.25, 0.3) is 0 Å². The molecule has 0 aliphatic carbocycles. The molecule has 0 bridgehead atoms. The second kappa shape index (κ2) is 10.9. The number of amides is 2. The van der Waals surface area contributed by atoms with Crippen LogP contribution in [0.3, 0.4) is 0 Å². The van der Waals surface area contributed by atoms with E-state index in [1.54, 1.807) is 27.7 Å². The third-order valence-electron chi connectivity index (χ3n) is 5.02. The van der Waals surface area contributed by atoms with E-state index < -0.39 is 41.7 Å². The van der Waals surface area contributed by atoms with Crippen LogP contribution in [-0.4, -0.2) is 52.9 Å². The lowest BCUT2D eigenvalue weighted by Gasteiger charge is -2.33. The molecule has 1 heterocycles. The highest BCUT2D eigenvalue weighted by Gasteiger charge is 2.44. The monoisotopic (exact) mass is 432 g/mol. The van der Waals surface area contributed by atoms with Crippen LogP contribution >= 0.6 is 0 Å². The van der Waals surface area contributed by atoms with Crippen molar-refractivity contribution >= 4 is 24.3 Å². The van der Waals surface area contributed by atoms with Gasteiger partial charge in [-0.25, -0.2) is 9.59 Å². The van der Waals surface area contributed by atoms with E-state index in [4.69, 9.17) is 9.47 Å². The van der Waals surface area contributed by atoms with E-state index in [1.807, 2.05) is 30.3 Å². The quantitative estimate of drug-likeness (QED) is 0.501. The van der Waals surface area contributed by atoms with Crippen molar-refractivity contribution in [1.29, 1.82) is 0 Å². The zero-order chi connectivity index (χ0) is 23.0. The summed E-state index contributed by atoms with van der Waals surface area (Å²) in [5.74, 6) is -0.921. The molecule has 0 spiro atoms. The molecule has 8 nitrogen and oxygen atoms in total. The Labute approximate surface area is 183 Å². The molecule has 1 N–H and O–H groups in total. The van der Waals surface area contributed by atoms with Gasteiger partial charge in [-0.2, -0.15) is 0 Å². The highest BCUT2D eigenvalue weighted by atomic mass is 16.6. The average molecular weight is 433 g/mol. The van der Waals surface area contributed by atoms with Crippen LogP contribution < -0.4 is 5.32 Å². The molecule has 1 aromatic carbocycles. The molecule has 1 aliphatic rings. The largest absolute Gasteiger partial charge is 0.458 e. The summed E-state index contributed by atoms with van der Waals surface area (Å²) in [6.07, 6.45) is 1.39. The van der Waals surface area contributed by atoms with E-state index in [2.05, 4.69) is 5.32 Å². The van der Waals surface area contributed by atoms with E-state index in [0.717, 1.165) is 11.8 Å². The van der Waals surface area contributed by atoms with Gasteiger partial charge in [0.2, 0.25) is 5.91 Å². The van der Waals surface area contributed by atoms with E-state index in [1.165, 1.54) is 4.90 Å². The third kappa shape index (κ3) is 7.08. The van der Waals surface area contributed by atoms with Crippen molar-refractivity contribution in [1.82, 2.24) is 10.2 Å². The van der Waals surface area contributed by atoms with Crippen molar-refractivity contribution in [3.63, 3.8) is 0 Å². The smallest absolute Gasteiger partial charge is 0.408 e. The van der Waals surface area contributed by atoms with Crippen LogP contribution in [0.1, 0.15) is 58.9 Å². The lowest BCUT2D eigenvalue weighted by molar-refractivity contribution is -0.164. The number of hydrogen-bond acceptors (Lipinski definition) is 6. The molecule has 2 amide bonds. The van der Waals surface area contributed by atoms with E-state index in [9.17, 15) is 19.2 Å². The van der Waals surface area contributed by atoms with Crippen LogP contribution in [0.15, 0.2) is 30.3 Å². The highest BCUT2D eigenvalue weighted by molar-refractivity contribution is 5.90. The summed E-state index contributed by atoms with van der Waals surface area (Å²) >= 11 is 0. The standard InChI is InChI=1S/C23H32N2O6/c1-5-18(24-22(29)30-15-16-9-7-6-8-10-16)20(27)25-17(13-14-26)11-12-19(25)21(28)31-23(2,3)4/h6-10,14,17-19H,5,11-13,15H2,1-4H3,(H,24,29)/t17-,18+,19+/m1/s1. The summed E-state index contributed by atoms with van der Waals surface area (Å²) in [7, 11) is 0. The summed E-state index contributed by atoms with van der Waals surface area (Å²) in [6, 6.07) is 7.14. The first kappa shape index (κ1) is 24.4. The van der Waals surface area contributed by atoms with Gasteiger partial charge >= 0.3 is 12.1 Å². The molecule has 3 atom stereocenters. The van der Waals surface area contributed by atoms with Gasteiger partial charge in [0.05, 0.1) is 0 Å². The van der Waals surface area contributed by atoms with Gasteiger partial charge in [-0.1, -0.05) is 37.3 Å². The zero-order valence-corrected chi connectivity index (χ0v) is 18.6. The van der Waals surface area contributed by atoms with Gasteiger partial charge in [0.15, 0.2) is 0 Å². The maximum absolute atomic E-state index is 13.3.